The predicted octanol–water partition coefficient (Wildman–Crippen LogP) is 4.00. The Kier molecular flexibility index (Phi) is 4.32. The van der Waals surface area contributed by atoms with E-state index < -0.39 is 0 Å². The van der Waals surface area contributed by atoms with E-state index in [4.69, 9.17) is 9.72 Å². The first-order chi connectivity index (χ1) is 14.0. The topological polar surface area (TPSA) is 66.1 Å². The quantitative estimate of drug-likeness (QED) is 0.709. The van der Waals surface area contributed by atoms with Gasteiger partial charge < -0.3 is 15.0 Å². The fourth-order valence-corrected chi connectivity index (χ4v) is 4.33. The molecule has 0 radical (unpaired) electrons. The average molecular weight is 390 g/mol. The van der Waals surface area contributed by atoms with E-state index in [-0.39, 0.29) is 5.54 Å². The second-order valence-electron chi connectivity index (χ2n) is 9.00. The SMILES string of the molecule is CC(C)(C)N[C@H]1CCN(c2ccc3c(n2)OCc2cc(-c4cn[nH]c4)ccc2-3)C1. The van der Waals surface area contributed by atoms with Gasteiger partial charge in [-0.2, -0.15) is 10.1 Å². The minimum Gasteiger partial charge on any atom is -0.472 e. The number of anilines is 1. The second kappa shape index (κ2) is 6.88. The molecule has 0 amide bonds. The van der Waals surface area contributed by atoms with Crippen LogP contribution in [0, 0.1) is 0 Å². The highest BCUT2D eigenvalue weighted by Gasteiger charge is 2.28. The van der Waals surface area contributed by atoms with E-state index in [0.29, 0.717) is 12.6 Å². The summed E-state index contributed by atoms with van der Waals surface area (Å²) in [5, 5.41) is 10.6. The van der Waals surface area contributed by atoms with Crippen LogP contribution in [0.3, 0.4) is 0 Å². The lowest BCUT2D eigenvalue weighted by Gasteiger charge is -2.26. The number of aromatic amines is 1. The standard InChI is InChI=1S/C23H27N5O/c1-23(2,3)27-18-8-9-28(13-18)21-7-6-20-19-5-4-15(17-11-24-25-12-17)10-16(19)14-29-22(20)26-21/h4-7,10-12,18,27H,8-9,13-14H2,1-3H3,(H,24,25)/t18-/m0/s1. The van der Waals surface area contributed by atoms with Crippen LogP contribution in [-0.4, -0.2) is 39.9 Å². The maximum atomic E-state index is 6.05. The molecular weight excluding hydrogens is 362 g/mol. The van der Waals surface area contributed by atoms with Crippen LogP contribution in [0.5, 0.6) is 5.88 Å². The van der Waals surface area contributed by atoms with Crippen LogP contribution in [-0.2, 0) is 6.61 Å². The van der Waals surface area contributed by atoms with E-state index in [1.165, 1.54) is 11.1 Å². The number of hydrogen-bond donors (Lipinski definition) is 2. The van der Waals surface area contributed by atoms with E-state index in [0.717, 1.165) is 47.9 Å². The van der Waals surface area contributed by atoms with E-state index in [2.05, 4.69) is 71.5 Å². The Morgan fingerprint density at radius 2 is 2.00 bits per heavy atom. The van der Waals surface area contributed by atoms with Gasteiger partial charge in [0.25, 0.3) is 0 Å². The van der Waals surface area contributed by atoms with E-state index in [9.17, 15) is 0 Å². The van der Waals surface area contributed by atoms with Crippen molar-refractivity contribution in [3.8, 4) is 28.1 Å². The zero-order valence-electron chi connectivity index (χ0n) is 17.2. The Labute approximate surface area is 171 Å². The number of hydrogen-bond acceptors (Lipinski definition) is 5. The third-order valence-electron chi connectivity index (χ3n) is 5.59. The molecule has 0 aliphatic carbocycles. The highest BCUT2D eigenvalue weighted by atomic mass is 16.5. The van der Waals surface area contributed by atoms with Gasteiger partial charge in [0, 0.05) is 42.0 Å². The first-order valence-electron chi connectivity index (χ1n) is 10.3. The van der Waals surface area contributed by atoms with Crippen LogP contribution in [0.1, 0.15) is 32.8 Å². The molecule has 0 saturated carbocycles. The van der Waals surface area contributed by atoms with Gasteiger partial charge in [-0.25, -0.2) is 0 Å². The van der Waals surface area contributed by atoms with Crippen LogP contribution in [0.2, 0.25) is 0 Å². The Morgan fingerprint density at radius 1 is 1.14 bits per heavy atom. The van der Waals surface area contributed by atoms with Gasteiger partial charge >= 0.3 is 0 Å². The van der Waals surface area contributed by atoms with Gasteiger partial charge in [0.1, 0.15) is 12.4 Å². The lowest BCUT2D eigenvalue weighted by Crippen LogP contribution is -2.44. The molecule has 1 fully saturated rings. The molecule has 1 saturated heterocycles. The number of benzene rings is 1. The molecule has 2 aliphatic rings. The van der Waals surface area contributed by atoms with Crippen molar-refractivity contribution in [3.63, 3.8) is 0 Å². The summed E-state index contributed by atoms with van der Waals surface area (Å²) >= 11 is 0. The van der Waals surface area contributed by atoms with Gasteiger partial charge in [-0.1, -0.05) is 12.1 Å². The Balaban J connectivity index is 1.38. The number of fused-ring (bicyclic) bond motifs is 3. The molecule has 5 rings (SSSR count). The van der Waals surface area contributed by atoms with Crippen molar-refractivity contribution in [2.24, 2.45) is 0 Å². The molecule has 6 heteroatoms. The van der Waals surface area contributed by atoms with E-state index in [1.54, 1.807) is 0 Å². The van der Waals surface area contributed by atoms with E-state index in [1.807, 2.05) is 12.4 Å². The van der Waals surface area contributed by atoms with Crippen molar-refractivity contribution in [3.05, 3.63) is 48.3 Å². The maximum Gasteiger partial charge on any atom is 0.223 e. The number of nitrogens with one attached hydrogen (secondary N) is 2. The molecular formula is C23H27N5O. The first kappa shape index (κ1) is 18.2. The average Bonchev–Trinajstić information content (AvgIpc) is 3.38. The summed E-state index contributed by atoms with van der Waals surface area (Å²) in [6.45, 7) is 9.19. The molecule has 2 N–H and O–H groups in total. The van der Waals surface area contributed by atoms with Crippen molar-refractivity contribution < 1.29 is 4.74 Å². The molecule has 0 bridgehead atoms. The van der Waals surface area contributed by atoms with Crippen molar-refractivity contribution in [1.29, 1.82) is 0 Å². The minimum atomic E-state index is 0.131. The summed E-state index contributed by atoms with van der Waals surface area (Å²) in [4.78, 5) is 7.21. The lowest BCUT2D eigenvalue weighted by atomic mass is 9.95. The van der Waals surface area contributed by atoms with Gasteiger partial charge in [0.15, 0.2) is 0 Å². The predicted molar refractivity (Wildman–Crippen MR) is 115 cm³/mol. The summed E-state index contributed by atoms with van der Waals surface area (Å²) in [7, 11) is 0. The van der Waals surface area contributed by atoms with Crippen LogP contribution in [0.4, 0.5) is 5.82 Å². The zero-order chi connectivity index (χ0) is 20.0. The number of pyridine rings is 1. The summed E-state index contributed by atoms with van der Waals surface area (Å²) < 4.78 is 6.05. The van der Waals surface area contributed by atoms with Crippen LogP contribution in [0.15, 0.2) is 42.7 Å². The highest BCUT2D eigenvalue weighted by molar-refractivity contribution is 5.78. The lowest BCUT2D eigenvalue weighted by molar-refractivity contribution is 0.290. The molecule has 0 spiro atoms. The fourth-order valence-electron chi connectivity index (χ4n) is 4.33. The zero-order valence-corrected chi connectivity index (χ0v) is 17.2. The van der Waals surface area contributed by atoms with Crippen molar-refractivity contribution in [2.75, 3.05) is 18.0 Å². The fraction of sp³-hybridized carbons (Fsp3) is 0.391. The molecule has 1 atom stereocenters. The summed E-state index contributed by atoms with van der Waals surface area (Å²) in [6, 6.07) is 11.3. The van der Waals surface area contributed by atoms with Crippen LogP contribution < -0.4 is 15.0 Å². The van der Waals surface area contributed by atoms with E-state index >= 15 is 0 Å². The highest BCUT2D eigenvalue weighted by Crippen LogP contribution is 2.39. The third-order valence-corrected chi connectivity index (χ3v) is 5.59. The molecule has 6 nitrogen and oxygen atoms in total. The first-order valence-corrected chi connectivity index (χ1v) is 10.3. The summed E-state index contributed by atoms with van der Waals surface area (Å²) in [5.41, 5.74) is 5.81. The van der Waals surface area contributed by atoms with Gasteiger partial charge in [0.2, 0.25) is 5.88 Å². The number of rotatable bonds is 3. The van der Waals surface area contributed by atoms with Gasteiger partial charge in [-0.05, 0) is 62.1 Å². The van der Waals surface area contributed by atoms with Gasteiger partial charge in [-0.3, -0.25) is 5.10 Å². The normalized spacial score (nSPS) is 18.3. The summed E-state index contributed by atoms with van der Waals surface area (Å²) in [5.74, 6) is 1.73. The monoisotopic (exact) mass is 389 g/mol. The smallest absolute Gasteiger partial charge is 0.223 e. The molecule has 1 aromatic carbocycles. The second-order valence-corrected chi connectivity index (χ2v) is 9.00. The number of aromatic nitrogens is 3. The third kappa shape index (κ3) is 3.60. The molecule has 3 aromatic rings. The molecule has 150 valence electrons. The largest absolute Gasteiger partial charge is 0.472 e. The number of H-pyrrole nitrogens is 1. The van der Waals surface area contributed by atoms with Gasteiger partial charge in [0.05, 0.1) is 6.20 Å². The molecule has 2 aliphatic heterocycles. The van der Waals surface area contributed by atoms with Crippen molar-refractivity contribution in [2.45, 2.75) is 45.4 Å². The Hall–Kier alpha value is -2.86. The number of nitrogens with zero attached hydrogens (tertiary/aromatic N) is 3. The Morgan fingerprint density at radius 3 is 2.79 bits per heavy atom. The van der Waals surface area contributed by atoms with Crippen LogP contribution in [0.25, 0.3) is 22.3 Å². The molecule has 29 heavy (non-hydrogen) atoms. The molecule has 0 unspecified atom stereocenters. The maximum absolute atomic E-state index is 6.05. The number of ether oxygens (including phenoxy) is 1. The van der Waals surface area contributed by atoms with Gasteiger partial charge in [-0.15, -0.1) is 0 Å². The van der Waals surface area contributed by atoms with Crippen molar-refractivity contribution in [1.82, 2.24) is 20.5 Å². The summed E-state index contributed by atoms with van der Waals surface area (Å²) in [6.07, 6.45) is 4.88. The minimum absolute atomic E-state index is 0.131. The molecule has 2 aromatic heterocycles. The molecule has 4 heterocycles. The Bertz CT molecular complexity index is 1020. The van der Waals surface area contributed by atoms with Crippen LogP contribution >= 0.6 is 0 Å². The van der Waals surface area contributed by atoms with Crippen molar-refractivity contribution >= 4 is 5.82 Å².